The van der Waals surface area contributed by atoms with E-state index in [1.54, 1.807) is 43.6 Å². The molecule has 0 unspecified atom stereocenters. The molecular formula is C27H32N6O5S. The summed E-state index contributed by atoms with van der Waals surface area (Å²) in [7, 11) is -1.35. The second kappa shape index (κ2) is 12.6. The SMILES string of the molecule is C=CC(=O)Nc1cccc(Oc2ccnc(Nc3ccc(N4CCN(CCS(C)(=O)=O)CC4)c(OC)c3)n2)c1. The number of methoxy groups -OCH3 is 1. The van der Waals surface area contributed by atoms with Gasteiger partial charge in [0.25, 0.3) is 0 Å². The normalized spacial score (nSPS) is 13.9. The first-order chi connectivity index (χ1) is 18.7. The summed E-state index contributed by atoms with van der Waals surface area (Å²) in [5.74, 6) is 1.74. The van der Waals surface area contributed by atoms with E-state index in [1.807, 2.05) is 18.2 Å². The number of rotatable bonds is 11. The van der Waals surface area contributed by atoms with Crippen molar-refractivity contribution in [2.75, 3.05) is 67.4 Å². The van der Waals surface area contributed by atoms with Crippen LogP contribution in [0.5, 0.6) is 17.4 Å². The molecule has 39 heavy (non-hydrogen) atoms. The van der Waals surface area contributed by atoms with Crippen molar-refractivity contribution in [2.45, 2.75) is 0 Å². The molecule has 1 aliphatic rings. The number of hydrogen-bond donors (Lipinski definition) is 2. The van der Waals surface area contributed by atoms with Gasteiger partial charge in [0.15, 0.2) is 0 Å². The van der Waals surface area contributed by atoms with Crippen LogP contribution in [-0.2, 0) is 14.6 Å². The summed E-state index contributed by atoms with van der Waals surface area (Å²) in [5, 5.41) is 5.88. The Bertz CT molecular complexity index is 1420. The number of carbonyl (C=O) groups excluding carboxylic acids is 1. The number of carbonyl (C=O) groups is 1. The quantitative estimate of drug-likeness (QED) is 0.342. The molecule has 2 aromatic carbocycles. The van der Waals surface area contributed by atoms with Crippen molar-refractivity contribution < 1.29 is 22.7 Å². The Labute approximate surface area is 228 Å². The molecule has 206 valence electrons. The van der Waals surface area contributed by atoms with Crippen LogP contribution in [0, 0.1) is 0 Å². The van der Waals surface area contributed by atoms with Gasteiger partial charge in [0.1, 0.15) is 21.3 Å². The summed E-state index contributed by atoms with van der Waals surface area (Å²) in [6, 6.07) is 14.4. The number of benzene rings is 2. The molecule has 0 radical (unpaired) electrons. The smallest absolute Gasteiger partial charge is 0.247 e. The molecule has 0 atom stereocenters. The lowest BCUT2D eigenvalue weighted by atomic mass is 10.2. The molecule has 0 spiro atoms. The standard InChI is InChI=1S/C27H32N6O5S/c1-4-25(34)29-20-6-5-7-22(18-20)38-26-10-11-28-27(31-26)30-21-8-9-23(24(19-21)37-2)33-14-12-32(13-15-33)16-17-39(3,35)36/h4-11,18-19H,1,12-17H2,2-3H3,(H,29,34)(H,28,30,31). The summed E-state index contributed by atoms with van der Waals surface area (Å²) in [6.45, 7) is 7.10. The van der Waals surface area contributed by atoms with Crippen LogP contribution in [0.2, 0.25) is 0 Å². The van der Waals surface area contributed by atoms with Crippen LogP contribution in [0.15, 0.2) is 67.4 Å². The lowest BCUT2D eigenvalue weighted by Crippen LogP contribution is -2.47. The predicted octanol–water partition coefficient (Wildman–Crippen LogP) is 3.31. The molecular weight excluding hydrogens is 520 g/mol. The fraction of sp³-hybridized carbons (Fsp3) is 0.296. The van der Waals surface area contributed by atoms with E-state index in [-0.39, 0.29) is 11.7 Å². The highest BCUT2D eigenvalue weighted by Gasteiger charge is 2.21. The van der Waals surface area contributed by atoms with E-state index in [0.29, 0.717) is 35.6 Å². The van der Waals surface area contributed by atoms with Crippen molar-refractivity contribution in [3.05, 3.63) is 67.4 Å². The topological polar surface area (TPSA) is 126 Å². The molecule has 1 aliphatic heterocycles. The molecule has 11 nitrogen and oxygen atoms in total. The minimum Gasteiger partial charge on any atom is -0.495 e. The monoisotopic (exact) mass is 552 g/mol. The van der Waals surface area contributed by atoms with Gasteiger partial charge in [0.2, 0.25) is 17.7 Å². The highest BCUT2D eigenvalue weighted by atomic mass is 32.2. The molecule has 1 fully saturated rings. The Hall–Kier alpha value is -4.16. The van der Waals surface area contributed by atoms with E-state index in [9.17, 15) is 13.2 Å². The third-order valence-corrected chi connectivity index (χ3v) is 6.99. The molecule has 0 aliphatic carbocycles. The van der Waals surface area contributed by atoms with Crippen LogP contribution < -0.4 is 25.0 Å². The van der Waals surface area contributed by atoms with Crippen molar-refractivity contribution in [3.8, 4) is 17.4 Å². The predicted molar refractivity (Wildman–Crippen MR) is 152 cm³/mol. The largest absolute Gasteiger partial charge is 0.495 e. The van der Waals surface area contributed by atoms with Gasteiger partial charge in [-0.15, -0.1) is 0 Å². The number of nitrogens with one attached hydrogen (secondary N) is 2. The molecule has 1 amide bonds. The first-order valence-electron chi connectivity index (χ1n) is 12.4. The summed E-state index contributed by atoms with van der Waals surface area (Å²) in [4.78, 5) is 24.7. The minimum absolute atomic E-state index is 0.172. The fourth-order valence-corrected chi connectivity index (χ4v) is 4.65. The van der Waals surface area contributed by atoms with Crippen LogP contribution in [0.3, 0.4) is 0 Å². The van der Waals surface area contributed by atoms with Gasteiger partial charge in [-0.1, -0.05) is 12.6 Å². The maximum Gasteiger partial charge on any atom is 0.247 e. The lowest BCUT2D eigenvalue weighted by Gasteiger charge is -2.36. The zero-order valence-electron chi connectivity index (χ0n) is 22.0. The Morgan fingerprint density at radius 2 is 1.90 bits per heavy atom. The van der Waals surface area contributed by atoms with Gasteiger partial charge in [-0.3, -0.25) is 9.69 Å². The Balaban J connectivity index is 1.39. The van der Waals surface area contributed by atoms with Crippen molar-refractivity contribution in [2.24, 2.45) is 0 Å². The average Bonchev–Trinajstić information content (AvgIpc) is 2.92. The van der Waals surface area contributed by atoms with Gasteiger partial charge < -0.3 is 25.0 Å². The molecule has 2 heterocycles. The summed E-state index contributed by atoms with van der Waals surface area (Å²) < 4.78 is 34.5. The van der Waals surface area contributed by atoms with E-state index < -0.39 is 9.84 Å². The zero-order chi connectivity index (χ0) is 27.8. The number of aromatic nitrogens is 2. The van der Waals surface area contributed by atoms with Gasteiger partial charge in [0, 0.05) is 74.8 Å². The molecule has 4 rings (SSSR count). The highest BCUT2D eigenvalue weighted by Crippen LogP contribution is 2.33. The maximum atomic E-state index is 11.6. The van der Waals surface area contributed by atoms with E-state index in [4.69, 9.17) is 9.47 Å². The fourth-order valence-electron chi connectivity index (χ4n) is 4.06. The third kappa shape index (κ3) is 8.16. The minimum atomic E-state index is -2.97. The van der Waals surface area contributed by atoms with Crippen LogP contribution in [0.25, 0.3) is 0 Å². The van der Waals surface area contributed by atoms with Gasteiger partial charge in [0.05, 0.1) is 18.6 Å². The van der Waals surface area contributed by atoms with Crippen LogP contribution in [0.4, 0.5) is 23.0 Å². The molecule has 1 saturated heterocycles. The third-order valence-electron chi connectivity index (χ3n) is 6.07. The number of amides is 1. The Kier molecular flexibility index (Phi) is 8.99. The first kappa shape index (κ1) is 27.9. The van der Waals surface area contributed by atoms with Gasteiger partial charge in [-0.25, -0.2) is 13.4 Å². The van der Waals surface area contributed by atoms with Crippen LogP contribution in [-0.4, -0.2) is 81.0 Å². The highest BCUT2D eigenvalue weighted by molar-refractivity contribution is 7.90. The maximum absolute atomic E-state index is 11.6. The van der Waals surface area contributed by atoms with Crippen molar-refractivity contribution in [1.29, 1.82) is 0 Å². The molecule has 12 heteroatoms. The van der Waals surface area contributed by atoms with Gasteiger partial charge >= 0.3 is 0 Å². The average molecular weight is 553 g/mol. The van der Waals surface area contributed by atoms with E-state index >= 15 is 0 Å². The Morgan fingerprint density at radius 1 is 1.10 bits per heavy atom. The molecule has 2 N–H and O–H groups in total. The van der Waals surface area contributed by atoms with Crippen molar-refractivity contribution >= 4 is 38.8 Å². The van der Waals surface area contributed by atoms with E-state index in [0.717, 1.165) is 37.6 Å². The molecule has 0 bridgehead atoms. The summed E-state index contributed by atoms with van der Waals surface area (Å²) in [6.07, 6.45) is 4.05. The summed E-state index contributed by atoms with van der Waals surface area (Å²) >= 11 is 0. The van der Waals surface area contributed by atoms with Crippen molar-refractivity contribution in [1.82, 2.24) is 14.9 Å². The van der Waals surface area contributed by atoms with E-state index in [2.05, 4.69) is 37.0 Å². The number of anilines is 4. The first-order valence-corrected chi connectivity index (χ1v) is 14.4. The zero-order valence-corrected chi connectivity index (χ0v) is 22.8. The number of hydrogen-bond acceptors (Lipinski definition) is 10. The summed E-state index contributed by atoms with van der Waals surface area (Å²) in [5.41, 5.74) is 2.29. The van der Waals surface area contributed by atoms with Gasteiger partial charge in [-0.05, 0) is 30.3 Å². The molecule has 3 aromatic rings. The number of nitrogens with zero attached hydrogens (tertiary/aromatic N) is 4. The second-order valence-electron chi connectivity index (χ2n) is 9.01. The molecule has 1 aromatic heterocycles. The number of piperazine rings is 1. The number of ether oxygens (including phenoxy) is 2. The molecule has 0 saturated carbocycles. The lowest BCUT2D eigenvalue weighted by molar-refractivity contribution is -0.111. The number of sulfone groups is 1. The van der Waals surface area contributed by atoms with E-state index in [1.165, 1.54) is 12.3 Å². The Morgan fingerprint density at radius 3 is 2.62 bits per heavy atom. The van der Waals surface area contributed by atoms with Crippen LogP contribution >= 0.6 is 0 Å². The van der Waals surface area contributed by atoms with Crippen LogP contribution in [0.1, 0.15) is 0 Å². The second-order valence-corrected chi connectivity index (χ2v) is 11.3. The van der Waals surface area contributed by atoms with Crippen molar-refractivity contribution in [3.63, 3.8) is 0 Å². The van der Waals surface area contributed by atoms with Gasteiger partial charge in [-0.2, -0.15) is 4.98 Å².